The van der Waals surface area contributed by atoms with Crippen LogP contribution in [0.3, 0.4) is 0 Å². The van der Waals surface area contributed by atoms with Crippen molar-refractivity contribution in [2.75, 3.05) is 0 Å². The molecule has 0 saturated heterocycles. The summed E-state index contributed by atoms with van der Waals surface area (Å²) in [6.07, 6.45) is 6.21. The summed E-state index contributed by atoms with van der Waals surface area (Å²) in [5, 5.41) is 0. The molecule has 0 spiro atoms. The van der Waals surface area contributed by atoms with Gasteiger partial charge in [0, 0.05) is 0 Å². The fourth-order valence-electron chi connectivity index (χ4n) is 0.479. The molecule has 0 bridgehead atoms. The van der Waals surface area contributed by atoms with Gasteiger partial charge >= 0.3 is 0 Å². The van der Waals surface area contributed by atoms with Crippen LogP contribution in [0.15, 0.2) is 22.8 Å². The van der Waals surface area contributed by atoms with Crippen LogP contribution in [0.5, 0.6) is 0 Å². The van der Waals surface area contributed by atoms with Gasteiger partial charge < -0.3 is 4.42 Å². The lowest BCUT2D eigenvalue weighted by atomic mass is 10.3. The van der Waals surface area contributed by atoms with Crippen LogP contribution in [0.1, 0.15) is 10.6 Å². The quantitative estimate of drug-likeness (QED) is 0.315. The average molecular weight is 120 g/mol. The van der Waals surface area contributed by atoms with Crippen molar-refractivity contribution in [2.45, 2.75) is 0 Å². The molecule has 2 heteroatoms. The van der Waals surface area contributed by atoms with E-state index in [-0.39, 0.29) is 5.76 Å². The predicted molar refractivity (Wildman–Crippen MR) is 31.9 cm³/mol. The van der Waals surface area contributed by atoms with E-state index in [1.165, 1.54) is 12.3 Å². The zero-order valence-electron chi connectivity index (χ0n) is 4.63. The number of hydrogen-bond acceptors (Lipinski definition) is 2. The van der Waals surface area contributed by atoms with E-state index in [9.17, 15) is 4.79 Å². The molecule has 1 rings (SSSR count). The summed E-state index contributed by atoms with van der Waals surface area (Å²) in [6.45, 7) is 0. The third-order valence-electron chi connectivity index (χ3n) is 0.876. The Morgan fingerprint density at radius 2 is 2.56 bits per heavy atom. The first-order chi connectivity index (χ1) is 4.34. The second-order valence-corrected chi connectivity index (χ2v) is 1.45. The molecule has 0 atom stereocenters. The first-order valence-corrected chi connectivity index (χ1v) is 2.39. The molecule has 44 valence electrons. The molecule has 0 aliphatic rings. The van der Waals surface area contributed by atoms with Gasteiger partial charge in [0.25, 0.3) is 5.78 Å². The number of furan rings is 1. The lowest BCUT2D eigenvalue weighted by Gasteiger charge is -1.79. The molecular weight excluding hydrogens is 116 g/mol. The minimum Gasteiger partial charge on any atom is -0.460 e. The molecule has 0 radical (unpaired) electrons. The van der Waals surface area contributed by atoms with E-state index in [2.05, 4.69) is 0 Å². The van der Waals surface area contributed by atoms with Crippen LogP contribution in [0.25, 0.3) is 0 Å². The zero-order chi connectivity index (χ0) is 6.69. The Hall–Kier alpha value is -1.49. The highest BCUT2D eigenvalue weighted by molar-refractivity contribution is 6.06. The topological polar surface area (TPSA) is 30.2 Å². The molecule has 9 heavy (non-hydrogen) atoms. The van der Waals surface area contributed by atoms with Crippen molar-refractivity contribution in [2.24, 2.45) is 0 Å². The van der Waals surface area contributed by atoms with Gasteiger partial charge in [0.2, 0.25) is 0 Å². The van der Waals surface area contributed by atoms with Crippen LogP contribution < -0.4 is 0 Å². The van der Waals surface area contributed by atoms with Crippen molar-refractivity contribution in [1.29, 1.82) is 0 Å². The Balaban J connectivity index is 2.93. The second kappa shape index (κ2) is 2.19. The Labute approximate surface area is 52.5 Å². The minimum atomic E-state index is -0.417. The highest BCUT2D eigenvalue weighted by atomic mass is 16.3. The maximum atomic E-state index is 10.5. The number of rotatable bonds is 1. The summed E-state index contributed by atoms with van der Waals surface area (Å²) in [5.74, 6) is 1.74. The van der Waals surface area contributed by atoms with Gasteiger partial charge in [-0.2, -0.15) is 0 Å². The van der Waals surface area contributed by atoms with Crippen molar-refractivity contribution in [3.8, 4) is 12.3 Å². The van der Waals surface area contributed by atoms with Crippen LogP contribution >= 0.6 is 0 Å². The molecule has 0 amide bonds. The maximum Gasteiger partial charge on any atom is 0.270 e. The maximum absolute atomic E-state index is 10.5. The number of ketones is 1. The largest absolute Gasteiger partial charge is 0.460 e. The molecule has 0 aliphatic heterocycles. The molecule has 1 aromatic rings. The summed E-state index contributed by atoms with van der Waals surface area (Å²) >= 11 is 0. The molecule has 1 aromatic heterocycles. The molecule has 1 heterocycles. The van der Waals surface area contributed by atoms with E-state index < -0.39 is 5.78 Å². The third kappa shape index (κ3) is 1.000. The third-order valence-corrected chi connectivity index (χ3v) is 0.876. The van der Waals surface area contributed by atoms with Crippen LogP contribution in [0, 0.1) is 12.3 Å². The fraction of sp³-hybridized carbons (Fsp3) is 0. The average Bonchev–Trinajstić information content (AvgIpc) is 2.37. The molecular formula is C7H4O2. The predicted octanol–water partition coefficient (Wildman–Crippen LogP) is 1.10. The summed E-state index contributed by atoms with van der Waals surface area (Å²) < 4.78 is 4.69. The summed E-state index contributed by atoms with van der Waals surface area (Å²) in [5.41, 5.74) is 0. The molecule has 0 fully saturated rings. The molecule has 0 aromatic carbocycles. The lowest BCUT2D eigenvalue weighted by molar-refractivity contribution is 0.103. The Morgan fingerprint density at radius 1 is 1.78 bits per heavy atom. The fourth-order valence-corrected chi connectivity index (χ4v) is 0.479. The van der Waals surface area contributed by atoms with Gasteiger partial charge in [-0.25, -0.2) is 0 Å². The molecule has 0 saturated carbocycles. The van der Waals surface area contributed by atoms with Crippen molar-refractivity contribution < 1.29 is 9.21 Å². The number of carbonyl (C=O) groups excluding carboxylic acids is 1. The van der Waals surface area contributed by atoms with E-state index in [4.69, 9.17) is 10.8 Å². The normalized spacial score (nSPS) is 8.33. The van der Waals surface area contributed by atoms with Crippen molar-refractivity contribution in [1.82, 2.24) is 0 Å². The molecule has 0 aliphatic carbocycles. The van der Waals surface area contributed by atoms with Gasteiger partial charge in [0.15, 0.2) is 5.76 Å². The molecule has 0 N–H and O–H groups in total. The van der Waals surface area contributed by atoms with Crippen LogP contribution in [-0.4, -0.2) is 5.78 Å². The van der Waals surface area contributed by atoms with Gasteiger partial charge in [-0.05, 0) is 18.1 Å². The molecule has 0 unspecified atom stereocenters. The van der Waals surface area contributed by atoms with E-state index in [1.54, 1.807) is 6.07 Å². The van der Waals surface area contributed by atoms with Crippen LogP contribution in [0.2, 0.25) is 0 Å². The standard InChI is InChI=1S/C7H4O2/c1-2-6(8)7-4-3-5-9-7/h1,3-5H. The number of carbonyl (C=O) groups is 1. The second-order valence-electron chi connectivity index (χ2n) is 1.45. The summed E-state index contributed by atoms with van der Waals surface area (Å²) in [6, 6.07) is 3.15. The van der Waals surface area contributed by atoms with E-state index in [0.29, 0.717) is 0 Å². The van der Waals surface area contributed by atoms with Gasteiger partial charge in [0.1, 0.15) is 0 Å². The van der Waals surface area contributed by atoms with Gasteiger partial charge in [-0.15, -0.1) is 6.42 Å². The highest BCUT2D eigenvalue weighted by Crippen LogP contribution is 1.98. The monoisotopic (exact) mass is 120 g/mol. The molecule has 2 nitrogen and oxygen atoms in total. The summed E-state index contributed by atoms with van der Waals surface area (Å²) in [4.78, 5) is 10.5. The van der Waals surface area contributed by atoms with Crippen molar-refractivity contribution in [3.05, 3.63) is 24.2 Å². The van der Waals surface area contributed by atoms with E-state index >= 15 is 0 Å². The lowest BCUT2D eigenvalue weighted by Crippen LogP contribution is -1.89. The Kier molecular flexibility index (Phi) is 1.37. The van der Waals surface area contributed by atoms with Crippen molar-refractivity contribution >= 4 is 5.78 Å². The van der Waals surface area contributed by atoms with E-state index in [1.807, 2.05) is 5.92 Å². The smallest absolute Gasteiger partial charge is 0.270 e. The first-order valence-electron chi connectivity index (χ1n) is 2.39. The SMILES string of the molecule is C#CC(=O)c1ccco1. The van der Waals surface area contributed by atoms with Gasteiger partial charge in [0.05, 0.1) is 6.26 Å². The Bertz CT molecular complexity index is 238. The van der Waals surface area contributed by atoms with Crippen molar-refractivity contribution in [3.63, 3.8) is 0 Å². The van der Waals surface area contributed by atoms with Crippen LogP contribution in [0.4, 0.5) is 0 Å². The Morgan fingerprint density at radius 3 is 3.00 bits per heavy atom. The highest BCUT2D eigenvalue weighted by Gasteiger charge is 2.01. The summed E-state index contributed by atoms with van der Waals surface area (Å²) in [7, 11) is 0. The minimum absolute atomic E-state index is 0.220. The number of terminal acetylenes is 1. The van der Waals surface area contributed by atoms with E-state index in [0.717, 1.165) is 0 Å². The number of hydrogen-bond donors (Lipinski definition) is 0. The zero-order valence-corrected chi connectivity index (χ0v) is 4.63. The van der Waals surface area contributed by atoms with Crippen LogP contribution in [-0.2, 0) is 0 Å². The number of Topliss-reactive ketones (excluding diaryl/α,β-unsaturated/α-hetero) is 1. The van der Waals surface area contributed by atoms with Gasteiger partial charge in [-0.3, -0.25) is 4.79 Å². The van der Waals surface area contributed by atoms with Gasteiger partial charge in [-0.1, -0.05) is 0 Å². The first kappa shape index (κ1) is 5.64.